The van der Waals surface area contributed by atoms with Crippen LogP contribution in [0.1, 0.15) is 11.3 Å². The van der Waals surface area contributed by atoms with Gasteiger partial charge in [-0.15, -0.1) is 12.4 Å². The lowest BCUT2D eigenvalue weighted by Crippen LogP contribution is -1.86. The molecule has 0 atom stereocenters. The molecule has 2 aromatic rings. The largest absolute Gasteiger partial charge is 0.260 e. The first-order chi connectivity index (χ1) is 7.84. The molecule has 0 aliphatic carbocycles. The van der Waals surface area contributed by atoms with Gasteiger partial charge in [0.2, 0.25) is 0 Å². The molecule has 0 unspecified atom stereocenters. The third kappa shape index (κ3) is 5.11. The second-order valence-corrected chi connectivity index (χ2v) is 5.34. The van der Waals surface area contributed by atoms with Crippen molar-refractivity contribution in [2.45, 2.75) is 11.5 Å². The molecular formula is C13H13BrClNS. The molecule has 1 aromatic carbocycles. The zero-order chi connectivity index (χ0) is 11.2. The van der Waals surface area contributed by atoms with Crippen LogP contribution in [-0.4, -0.2) is 4.98 Å². The molecule has 4 heteroatoms. The Morgan fingerprint density at radius 1 is 1.00 bits per heavy atom. The van der Waals surface area contributed by atoms with Crippen molar-refractivity contribution < 1.29 is 0 Å². The molecule has 17 heavy (non-hydrogen) atoms. The van der Waals surface area contributed by atoms with E-state index in [2.05, 4.69) is 51.2 Å². The minimum atomic E-state index is 0. The summed E-state index contributed by atoms with van der Waals surface area (Å²) in [5, 5.41) is 0. The van der Waals surface area contributed by atoms with Crippen LogP contribution in [0.25, 0.3) is 0 Å². The van der Waals surface area contributed by atoms with E-state index < -0.39 is 0 Å². The molecule has 0 fully saturated rings. The number of aromatic nitrogens is 1. The summed E-state index contributed by atoms with van der Waals surface area (Å²) >= 11 is 5.32. The molecule has 0 saturated heterocycles. The number of pyridine rings is 1. The van der Waals surface area contributed by atoms with E-state index in [1.54, 1.807) is 0 Å². The van der Waals surface area contributed by atoms with Crippen LogP contribution in [0.5, 0.6) is 0 Å². The van der Waals surface area contributed by atoms with Crippen molar-refractivity contribution in [2.75, 3.05) is 0 Å². The van der Waals surface area contributed by atoms with Gasteiger partial charge in [0.1, 0.15) is 0 Å². The average molecular weight is 331 g/mol. The maximum Gasteiger partial charge on any atom is 0.0502 e. The average Bonchev–Trinajstić information content (AvgIpc) is 2.33. The third-order valence-electron chi connectivity index (χ3n) is 2.16. The van der Waals surface area contributed by atoms with E-state index in [4.69, 9.17) is 0 Å². The number of hydrogen-bond donors (Lipinski definition) is 0. The topological polar surface area (TPSA) is 12.9 Å². The van der Waals surface area contributed by atoms with E-state index >= 15 is 0 Å². The Labute approximate surface area is 121 Å². The van der Waals surface area contributed by atoms with Crippen LogP contribution >= 0.6 is 40.1 Å². The highest BCUT2D eigenvalue weighted by Gasteiger charge is 1.96. The lowest BCUT2D eigenvalue weighted by Gasteiger charge is -2.01. The number of nitrogens with zero attached hydrogens (tertiary/aromatic N) is 1. The maximum absolute atomic E-state index is 4.30. The smallest absolute Gasteiger partial charge is 0.0502 e. The van der Waals surface area contributed by atoms with E-state index in [0.29, 0.717) is 0 Å². The van der Waals surface area contributed by atoms with Gasteiger partial charge in [0, 0.05) is 22.2 Å². The van der Waals surface area contributed by atoms with Gasteiger partial charge in [-0.05, 0) is 29.8 Å². The lowest BCUT2D eigenvalue weighted by atomic mass is 10.2. The Kier molecular flexibility index (Phi) is 6.63. The molecule has 0 radical (unpaired) electrons. The van der Waals surface area contributed by atoms with Crippen LogP contribution < -0.4 is 0 Å². The van der Waals surface area contributed by atoms with E-state index in [1.165, 1.54) is 5.56 Å². The van der Waals surface area contributed by atoms with Gasteiger partial charge < -0.3 is 0 Å². The van der Waals surface area contributed by atoms with Gasteiger partial charge >= 0.3 is 0 Å². The summed E-state index contributed by atoms with van der Waals surface area (Å²) in [5.41, 5.74) is 2.49. The summed E-state index contributed by atoms with van der Waals surface area (Å²) in [6, 6.07) is 14.5. The van der Waals surface area contributed by atoms with Crippen molar-refractivity contribution in [1.29, 1.82) is 0 Å². The minimum Gasteiger partial charge on any atom is -0.260 e. The van der Waals surface area contributed by atoms with E-state index in [-0.39, 0.29) is 12.4 Å². The molecule has 1 heterocycles. The van der Waals surface area contributed by atoms with Crippen molar-refractivity contribution >= 4 is 40.1 Å². The molecule has 90 valence electrons. The minimum absolute atomic E-state index is 0. The fraction of sp³-hybridized carbons (Fsp3) is 0.154. The van der Waals surface area contributed by atoms with Gasteiger partial charge in [0.25, 0.3) is 0 Å². The van der Waals surface area contributed by atoms with Crippen LogP contribution in [0.2, 0.25) is 0 Å². The van der Waals surface area contributed by atoms with Gasteiger partial charge in [0.05, 0.1) is 5.69 Å². The van der Waals surface area contributed by atoms with Gasteiger partial charge in [-0.1, -0.05) is 34.1 Å². The Balaban J connectivity index is 0.00000144. The first-order valence-corrected chi connectivity index (χ1v) is 7.01. The maximum atomic E-state index is 4.30. The normalized spacial score (nSPS) is 9.71. The zero-order valence-electron chi connectivity index (χ0n) is 9.17. The summed E-state index contributed by atoms with van der Waals surface area (Å²) in [5.74, 6) is 2.00. The number of thioether (sulfide) groups is 1. The monoisotopic (exact) mass is 329 g/mol. The summed E-state index contributed by atoms with van der Waals surface area (Å²) in [7, 11) is 0. The van der Waals surface area contributed by atoms with Crippen LogP contribution in [0.3, 0.4) is 0 Å². The summed E-state index contributed by atoms with van der Waals surface area (Å²) < 4.78 is 1.13. The molecule has 0 N–H and O–H groups in total. The standard InChI is InChI=1S/C13H12BrNS.ClH/c14-12-6-4-11(5-7-12)9-16-10-13-3-1-2-8-15-13;/h1-8H,9-10H2;1H. The summed E-state index contributed by atoms with van der Waals surface area (Å²) in [4.78, 5) is 4.30. The SMILES string of the molecule is Brc1ccc(CSCc2ccccn2)cc1.Cl. The van der Waals surface area contributed by atoms with Gasteiger partial charge in [-0.3, -0.25) is 4.98 Å². The quantitative estimate of drug-likeness (QED) is 0.806. The number of halogens is 2. The van der Waals surface area contributed by atoms with Gasteiger partial charge in [-0.2, -0.15) is 11.8 Å². The van der Waals surface area contributed by atoms with E-state index in [9.17, 15) is 0 Å². The lowest BCUT2D eigenvalue weighted by molar-refractivity contribution is 1.17. The highest BCUT2D eigenvalue weighted by molar-refractivity contribution is 9.10. The van der Waals surface area contributed by atoms with Crippen molar-refractivity contribution in [2.24, 2.45) is 0 Å². The fourth-order valence-corrected chi connectivity index (χ4v) is 2.51. The molecule has 0 saturated carbocycles. The highest BCUT2D eigenvalue weighted by Crippen LogP contribution is 2.18. The number of hydrogen-bond acceptors (Lipinski definition) is 2. The Hall–Kier alpha value is -0.510. The number of benzene rings is 1. The first-order valence-electron chi connectivity index (χ1n) is 5.07. The van der Waals surface area contributed by atoms with Crippen LogP contribution in [0.15, 0.2) is 53.1 Å². The van der Waals surface area contributed by atoms with Gasteiger partial charge in [0.15, 0.2) is 0 Å². The first kappa shape index (κ1) is 14.6. The van der Waals surface area contributed by atoms with Crippen molar-refractivity contribution in [3.8, 4) is 0 Å². The molecule has 2 rings (SSSR count). The highest BCUT2D eigenvalue weighted by atomic mass is 79.9. The Morgan fingerprint density at radius 2 is 1.76 bits per heavy atom. The van der Waals surface area contributed by atoms with E-state index in [1.807, 2.05) is 30.1 Å². The zero-order valence-corrected chi connectivity index (χ0v) is 12.4. The Morgan fingerprint density at radius 3 is 2.41 bits per heavy atom. The third-order valence-corrected chi connectivity index (χ3v) is 3.72. The fourth-order valence-electron chi connectivity index (χ4n) is 1.34. The summed E-state index contributed by atoms with van der Waals surface area (Å²) in [6.07, 6.45) is 1.84. The van der Waals surface area contributed by atoms with Crippen molar-refractivity contribution in [1.82, 2.24) is 4.98 Å². The van der Waals surface area contributed by atoms with Crippen molar-refractivity contribution in [3.05, 3.63) is 64.4 Å². The molecule has 0 amide bonds. The molecular weight excluding hydrogens is 318 g/mol. The molecule has 0 aliphatic heterocycles. The second kappa shape index (κ2) is 7.75. The number of rotatable bonds is 4. The van der Waals surface area contributed by atoms with Crippen molar-refractivity contribution in [3.63, 3.8) is 0 Å². The Bertz CT molecular complexity index is 433. The van der Waals surface area contributed by atoms with Crippen LogP contribution in [0.4, 0.5) is 0 Å². The van der Waals surface area contributed by atoms with Crippen LogP contribution in [-0.2, 0) is 11.5 Å². The molecule has 1 aromatic heterocycles. The molecule has 0 aliphatic rings. The molecule has 1 nitrogen and oxygen atoms in total. The van der Waals surface area contributed by atoms with Crippen LogP contribution in [0, 0.1) is 0 Å². The summed E-state index contributed by atoms with van der Waals surface area (Å²) in [6.45, 7) is 0. The predicted molar refractivity (Wildman–Crippen MR) is 80.6 cm³/mol. The molecule has 0 bridgehead atoms. The van der Waals surface area contributed by atoms with E-state index in [0.717, 1.165) is 21.7 Å². The predicted octanol–water partition coefficient (Wildman–Crippen LogP) is 4.70. The second-order valence-electron chi connectivity index (χ2n) is 3.44. The van der Waals surface area contributed by atoms with Gasteiger partial charge in [-0.25, -0.2) is 0 Å². The molecule has 0 spiro atoms.